The van der Waals surface area contributed by atoms with Crippen LogP contribution in [0.3, 0.4) is 0 Å². The normalized spacial score (nSPS) is 10.3. The monoisotopic (exact) mass is 278 g/mol. The molecular formula is C14H12ClFN2O. The van der Waals surface area contributed by atoms with Crippen LogP contribution in [0.15, 0.2) is 36.4 Å². The number of rotatable bonds is 2. The number of anilines is 2. The lowest BCUT2D eigenvalue weighted by molar-refractivity contribution is 0.102. The smallest absolute Gasteiger partial charge is 0.255 e. The van der Waals surface area contributed by atoms with E-state index in [9.17, 15) is 9.18 Å². The van der Waals surface area contributed by atoms with Crippen molar-refractivity contribution >= 4 is 28.9 Å². The van der Waals surface area contributed by atoms with E-state index in [2.05, 4.69) is 5.32 Å². The Kier molecular flexibility index (Phi) is 3.71. The van der Waals surface area contributed by atoms with Crippen molar-refractivity contribution in [2.24, 2.45) is 0 Å². The van der Waals surface area contributed by atoms with Crippen LogP contribution in [0, 0.1) is 12.7 Å². The molecule has 0 saturated heterocycles. The van der Waals surface area contributed by atoms with Gasteiger partial charge in [-0.3, -0.25) is 4.79 Å². The second-order valence-electron chi connectivity index (χ2n) is 4.19. The first kappa shape index (κ1) is 13.4. The molecule has 5 heteroatoms. The molecule has 2 rings (SSSR count). The Bertz CT molecular complexity index is 623. The van der Waals surface area contributed by atoms with E-state index in [1.807, 2.05) is 0 Å². The Labute approximate surface area is 115 Å². The van der Waals surface area contributed by atoms with Crippen LogP contribution in [-0.2, 0) is 0 Å². The lowest BCUT2D eigenvalue weighted by Gasteiger charge is -2.08. The molecule has 2 aromatic rings. The molecule has 0 unspecified atom stereocenters. The second kappa shape index (κ2) is 5.28. The highest BCUT2D eigenvalue weighted by atomic mass is 35.5. The van der Waals surface area contributed by atoms with Crippen molar-refractivity contribution in [2.75, 3.05) is 11.1 Å². The van der Waals surface area contributed by atoms with E-state index in [0.717, 1.165) is 5.56 Å². The Hall–Kier alpha value is -2.07. The fourth-order valence-corrected chi connectivity index (χ4v) is 1.99. The molecule has 3 N–H and O–H groups in total. The average Bonchev–Trinajstić information content (AvgIpc) is 2.26. The number of carbonyl (C=O) groups excluding carboxylic acids is 1. The summed E-state index contributed by atoms with van der Waals surface area (Å²) < 4.78 is 13.2. The van der Waals surface area contributed by atoms with E-state index in [-0.39, 0.29) is 10.9 Å². The third-order valence-electron chi connectivity index (χ3n) is 2.62. The molecule has 0 bridgehead atoms. The van der Waals surface area contributed by atoms with Crippen LogP contribution in [0.5, 0.6) is 0 Å². The summed E-state index contributed by atoms with van der Waals surface area (Å²) in [6, 6.07) is 8.83. The minimum atomic E-state index is -0.503. The van der Waals surface area contributed by atoms with E-state index in [0.29, 0.717) is 16.9 Å². The highest BCUT2D eigenvalue weighted by Gasteiger charge is 2.10. The minimum absolute atomic E-state index is 0.226. The van der Waals surface area contributed by atoms with Crippen molar-refractivity contribution in [1.29, 1.82) is 0 Å². The standard InChI is InChI=1S/C14H12ClFN2O/c1-8-4-11(17)2-3-13(8)14(19)18-12-6-9(15)5-10(16)7-12/h2-7H,17H2,1H3,(H,18,19). The highest BCUT2D eigenvalue weighted by Crippen LogP contribution is 2.20. The number of halogens is 2. The Balaban J connectivity index is 2.25. The number of hydrogen-bond acceptors (Lipinski definition) is 2. The lowest BCUT2D eigenvalue weighted by Crippen LogP contribution is -2.13. The lowest BCUT2D eigenvalue weighted by atomic mass is 10.1. The van der Waals surface area contributed by atoms with E-state index >= 15 is 0 Å². The van der Waals surface area contributed by atoms with E-state index in [1.165, 1.54) is 18.2 Å². The summed E-state index contributed by atoms with van der Waals surface area (Å²) in [4.78, 5) is 12.1. The number of carbonyl (C=O) groups is 1. The summed E-state index contributed by atoms with van der Waals surface area (Å²) in [6.45, 7) is 1.78. The van der Waals surface area contributed by atoms with Gasteiger partial charge in [-0.05, 0) is 48.9 Å². The Morgan fingerprint density at radius 2 is 2.00 bits per heavy atom. The SMILES string of the molecule is Cc1cc(N)ccc1C(=O)Nc1cc(F)cc(Cl)c1. The largest absolute Gasteiger partial charge is 0.399 e. The zero-order valence-corrected chi connectivity index (χ0v) is 11.0. The summed E-state index contributed by atoms with van der Waals surface area (Å²) in [5.74, 6) is -0.837. The van der Waals surface area contributed by atoms with Gasteiger partial charge in [0.2, 0.25) is 0 Å². The molecule has 3 nitrogen and oxygen atoms in total. The van der Waals surface area contributed by atoms with Crippen LogP contribution < -0.4 is 11.1 Å². The van der Waals surface area contributed by atoms with Gasteiger partial charge in [-0.1, -0.05) is 11.6 Å². The van der Waals surface area contributed by atoms with Crippen molar-refractivity contribution in [2.45, 2.75) is 6.92 Å². The van der Waals surface area contributed by atoms with Crippen molar-refractivity contribution in [3.8, 4) is 0 Å². The van der Waals surface area contributed by atoms with Gasteiger partial charge in [0.1, 0.15) is 5.82 Å². The zero-order valence-electron chi connectivity index (χ0n) is 10.2. The van der Waals surface area contributed by atoms with Crippen LogP contribution >= 0.6 is 11.6 Å². The summed E-state index contributed by atoms with van der Waals surface area (Å²) in [7, 11) is 0. The Morgan fingerprint density at radius 1 is 1.26 bits per heavy atom. The van der Waals surface area contributed by atoms with Gasteiger partial charge in [-0.2, -0.15) is 0 Å². The maximum absolute atomic E-state index is 13.2. The Morgan fingerprint density at radius 3 is 2.63 bits per heavy atom. The molecular weight excluding hydrogens is 267 g/mol. The van der Waals surface area contributed by atoms with E-state index in [1.54, 1.807) is 25.1 Å². The second-order valence-corrected chi connectivity index (χ2v) is 4.62. The molecule has 0 aliphatic carbocycles. The molecule has 0 spiro atoms. The number of amides is 1. The van der Waals surface area contributed by atoms with E-state index < -0.39 is 5.82 Å². The predicted molar refractivity (Wildman–Crippen MR) is 75.0 cm³/mol. The summed E-state index contributed by atoms with van der Waals surface area (Å²) in [5.41, 5.74) is 7.75. The van der Waals surface area contributed by atoms with Gasteiger partial charge in [0.25, 0.3) is 5.91 Å². The van der Waals surface area contributed by atoms with Gasteiger partial charge in [-0.15, -0.1) is 0 Å². The highest BCUT2D eigenvalue weighted by molar-refractivity contribution is 6.31. The van der Waals surface area contributed by atoms with E-state index in [4.69, 9.17) is 17.3 Å². The molecule has 0 fully saturated rings. The first-order chi connectivity index (χ1) is 8.95. The van der Waals surface area contributed by atoms with Crippen LogP contribution in [0.2, 0.25) is 5.02 Å². The maximum Gasteiger partial charge on any atom is 0.255 e. The fraction of sp³-hybridized carbons (Fsp3) is 0.0714. The first-order valence-corrected chi connectivity index (χ1v) is 5.97. The number of nitrogens with two attached hydrogens (primary N) is 1. The molecule has 98 valence electrons. The quantitative estimate of drug-likeness (QED) is 0.824. The zero-order chi connectivity index (χ0) is 14.0. The third-order valence-corrected chi connectivity index (χ3v) is 2.83. The molecule has 0 aliphatic rings. The van der Waals surface area contributed by atoms with Gasteiger partial charge in [0, 0.05) is 22.0 Å². The van der Waals surface area contributed by atoms with Crippen LogP contribution in [0.4, 0.5) is 15.8 Å². The molecule has 0 heterocycles. The van der Waals surface area contributed by atoms with Gasteiger partial charge in [-0.25, -0.2) is 4.39 Å². The van der Waals surface area contributed by atoms with Crippen LogP contribution in [0.25, 0.3) is 0 Å². The van der Waals surface area contributed by atoms with Gasteiger partial charge >= 0.3 is 0 Å². The van der Waals surface area contributed by atoms with Crippen LogP contribution in [-0.4, -0.2) is 5.91 Å². The molecule has 0 atom stereocenters. The predicted octanol–water partition coefficient (Wildman–Crippen LogP) is 3.62. The fourth-order valence-electron chi connectivity index (χ4n) is 1.77. The van der Waals surface area contributed by atoms with Crippen molar-refractivity contribution in [3.63, 3.8) is 0 Å². The minimum Gasteiger partial charge on any atom is -0.399 e. The molecule has 1 amide bonds. The third kappa shape index (κ3) is 3.23. The number of aryl methyl sites for hydroxylation is 1. The molecule has 2 aromatic carbocycles. The van der Waals surface area contributed by atoms with Crippen molar-refractivity contribution < 1.29 is 9.18 Å². The first-order valence-electron chi connectivity index (χ1n) is 5.59. The molecule has 0 saturated carbocycles. The van der Waals surface area contributed by atoms with Crippen molar-refractivity contribution in [1.82, 2.24) is 0 Å². The summed E-state index contributed by atoms with van der Waals surface area (Å²) in [5, 5.41) is 2.82. The molecule has 0 aliphatic heterocycles. The van der Waals surface area contributed by atoms with Gasteiger partial charge < -0.3 is 11.1 Å². The average molecular weight is 279 g/mol. The van der Waals surface area contributed by atoms with Gasteiger partial charge in [0.15, 0.2) is 0 Å². The van der Waals surface area contributed by atoms with Crippen molar-refractivity contribution in [3.05, 3.63) is 58.4 Å². The molecule has 19 heavy (non-hydrogen) atoms. The number of hydrogen-bond donors (Lipinski definition) is 2. The number of nitrogen functional groups attached to an aromatic ring is 1. The van der Waals surface area contributed by atoms with Gasteiger partial charge in [0.05, 0.1) is 0 Å². The summed E-state index contributed by atoms with van der Waals surface area (Å²) in [6.07, 6.45) is 0. The number of nitrogens with one attached hydrogen (secondary N) is 1. The van der Waals surface area contributed by atoms with Crippen LogP contribution in [0.1, 0.15) is 15.9 Å². The number of benzene rings is 2. The topological polar surface area (TPSA) is 55.1 Å². The molecule has 0 radical (unpaired) electrons. The molecule has 0 aromatic heterocycles. The maximum atomic E-state index is 13.2. The summed E-state index contributed by atoms with van der Waals surface area (Å²) >= 11 is 5.72.